The number of aromatic amines is 1. The number of fused-ring (bicyclic) bond motifs is 3. The molecule has 0 bridgehead atoms. The van der Waals surface area contributed by atoms with E-state index in [1.807, 2.05) is 18.2 Å². The number of nitrogens with zero attached hydrogens (tertiary/aromatic N) is 2. The van der Waals surface area contributed by atoms with Crippen LogP contribution in [0.4, 0.5) is 0 Å². The molecule has 0 aliphatic heterocycles. The van der Waals surface area contributed by atoms with Gasteiger partial charge in [0.15, 0.2) is 6.29 Å². The zero-order valence-electron chi connectivity index (χ0n) is 7.77. The first-order valence-electron chi connectivity index (χ1n) is 4.56. The van der Waals surface area contributed by atoms with Gasteiger partial charge < -0.3 is 4.98 Å². The summed E-state index contributed by atoms with van der Waals surface area (Å²) >= 11 is 0. The number of hydrogen-bond donors (Lipinski definition) is 1. The van der Waals surface area contributed by atoms with E-state index in [2.05, 4.69) is 15.0 Å². The van der Waals surface area contributed by atoms with Crippen molar-refractivity contribution in [1.29, 1.82) is 0 Å². The van der Waals surface area contributed by atoms with E-state index in [4.69, 9.17) is 0 Å². The van der Waals surface area contributed by atoms with Gasteiger partial charge in [-0.1, -0.05) is 0 Å². The lowest BCUT2D eigenvalue weighted by Gasteiger charge is -1.99. The van der Waals surface area contributed by atoms with Crippen molar-refractivity contribution in [3.63, 3.8) is 0 Å². The number of benzene rings is 1. The maximum absolute atomic E-state index is 10.6. The van der Waals surface area contributed by atoms with E-state index < -0.39 is 0 Å². The normalized spacial score (nSPS) is 10.9. The van der Waals surface area contributed by atoms with E-state index in [9.17, 15) is 4.79 Å². The van der Waals surface area contributed by atoms with Gasteiger partial charge in [0.05, 0.1) is 16.7 Å². The van der Waals surface area contributed by atoms with E-state index in [1.165, 1.54) is 6.33 Å². The molecule has 1 N–H and O–H groups in total. The molecule has 3 rings (SSSR count). The molecular formula is C11H7N3O. The third kappa shape index (κ3) is 1.11. The Balaban J connectivity index is 2.48. The number of carbonyl (C=O) groups excluding carboxylic acids is 1. The van der Waals surface area contributed by atoms with E-state index >= 15 is 0 Å². The number of nitrogens with one attached hydrogen (secondary N) is 1. The van der Waals surface area contributed by atoms with Crippen molar-refractivity contribution in [2.75, 3.05) is 0 Å². The maximum atomic E-state index is 10.6. The van der Waals surface area contributed by atoms with Gasteiger partial charge >= 0.3 is 0 Å². The number of aldehydes is 1. The average molecular weight is 197 g/mol. The summed E-state index contributed by atoms with van der Waals surface area (Å²) in [5.41, 5.74) is 3.19. The van der Waals surface area contributed by atoms with Crippen LogP contribution in [0.15, 0.2) is 30.6 Å². The van der Waals surface area contributed by atoms with Crippen molar-refractivity contribution in [3.8, 4) is 0 Å². The first kappa shape index (κ1) is 8.11. The largest absolute Gasteiger partial charge is 0.352 e. The molecule has 0 aliphatic carbocycles. The third-order valence-electron chi connectivity index (χ3n) is 2.41. The number of hydrogen-bond acceptors (Lipinski definition) is 3. The Bertz CT molecular complexity index is 657. The molecule has 3 aromatic rings. The summed E-state index contributed by atoms with van der Waals surface area (Å²) in [6.45, 7) is 0. The van der Waals surface area contributed by atoms with Crippen LogP contribution in [0.25, 0.3) is 21.9 Å². The summed E-state index contributed by atoms with van der Waals surface area (Å²) in [4.78, 5) is 21.9. The zero-order valence-corrected chi connectivity index (χ0v) is 7.77. The van der Waals surface area contributed by atoms with Crippen LogP contribution in [0.3, 0.4) is 0 Å². The molecule has 4 heteroatoms. The summed E-state index contributed by atoms with van der Waals surface area (Å²) in [5.74, 6) is 0. The SMILES string of the molecule is O=Cc1ccc2c(ccc3ncnc32)[nH]1. The van der Waals surface area contributed by atoms with E-state index in [0.717, 1.165) is 28.2 Å². The fraction of sp³-hybridized carbons (Fsp3) is 0. The topological polar surface area (TPSA) is 58.6 Å². The molecule has 0 fully saturated rings. The van der Waals surface area contributed by atoms with Crippen molar-refractivity contribution in [2.45, 2.75) is 0 Å². The Morgan fingerprint density at radius 2 is 2.07 bits per heavy atom. The van der Waals surface area contributed by atoms with Gasteiger partial charge in [0.1, 0.15) is 6.33 Å². The molecule has 2 aromatic heterocycles. The summed E-state index contributed by atoms with van der Waals surface area (Å²) in [5, 5.41) is 0.982. The number of H-pyrrole nitrogens is 1. The molecule has 0 amide bonds. The number of rotatable bonds is 1. The maximum Gasteiger partial charge on any atom is 0.166 e. The van der Waals surface area contributed by atoms with Crippen LogP contribution in [0, 0.1) is 0 Å². The lowest BCUT2D eigenvalue weighted by atomic mass is 10.1. The number of pyridine rings is 1. The van der Waals surface area contributed by atoms with Gasteiger partial charge in [0, 0.05) is 10.9 Å². The molecule has 0 radical (unpaired) electrons. The standard InChI is InChI=1S/C11H7N3O/c15-5-7-1-2-8-9(14-7)3-4-10-11(8)13-6-12-10/h1-6,14H. The second-order valence-electron chi connectivity index (χ2n) is 3.30. The van der Waals surface area contributed by atoms with Crippen LogP contribution in [-0.2, 0) is 0 Å². The highest BCUT2D eigenvalue weighted by atomic mass is 16.1. The fourth-order valence-corrected chi connectivity index (χ4v) is 1.70. The first-order valence-corrected chi connectivity index (χ1v) is 4.56. The smallest absolute Gasteiger partial charge is 0.166 e. The first-order chi connectivity index (χ1) is 7.38. The molecule has 0 saturated heterocycles. The lowest BCUT2D eigenvalue weighted by Crippen LogP contribution is -1.87. The van der Waals surface area contributed by atoms with E-state index in [-0.39, 0.29) is 0 Å². The number of aromatic nitrogens is 3. The molecule has 72 valence electrons. The Morgan fingerprint density at radius 1 is 1.13 bits per heavy atom. The zero-order chi connectivity index (χ0) is 10.3. The predicted octanol–water partition coefficient (Wildman–Crippen LogP) is 1.92. The van der Waals surface area contributed by atoms with Gasteiger partial charge in [-0.25, -0.2) is 9.97 Å². The van der Waals surface area contributed by atoms with Gasteiger partial charge in [-0.3, -0.25) is 4.79 Å². The van der Waals surface area contributed by atoms with Crippen molar-refractivity contribution < 1.29 is 4.79 Å². The summed E-state index contributed by atoms with van der Waals surface area (Å²) in [6, 6.07) is 7.41. The van der Waals surface area contributed by atoms with Crippen LogP contribution in [0.5, 0.6) is 0 Å². The van der Waals surface area contributed by atoms with Crippen molar-refractivity contribution >= 4 is 28.2 Å². The second kappa shape index (κ2) is 2.88. The molecule has 4 nitrogen and oxygen atoms in total. The molecule has 0 atom stereocenters. The van der Waals surface area contributed by atoms with E-state index in [1.54, 1.807) is 6.07 Å². The van der Waals surface area contributed by atoms with Gasteiger partial charge in [-0.15, -0.1) is 0 Å². The molecule has 1 aromatic carbocycles. The minimum Gasteiger partial charge on any atom is -0.352 e. The van der Waals surface area contributed by atoms with Crippen molar-refractivity contribution in [3.05, 3.63) is 36.3 Å². The predicted molar refractivity (Wildman–Crippen MR) is 56.8 cm³/mol. The highest BCUT2D eigenvalue weighted by molar-refractivity contribution is 6.02. The Hall–Kier alpha value is -2.23. The summed E-state index contributed by atoms with van der Waals surface area (Å²) in [6.07, 6.45) is 2.33. The molecular weight excluding hydrogens is 190 g/mol. The summed E-state index contributed by atoms with van der Waals surface area (Å²) < 4.78 is 0. The molecule has 0 spiro atoms. The molecule has 0 unspecified atom stereocenters. The lowest BCUT2D eigenvalue weighted by molar-refractivity contribution is 0.111. The van der Waals surface area contributed by atoms with Gasteiger partial charge in [-0.2, -0.15) is 0 Å². The minimum absolute atomic E-state index is 0.557. The quantitative estimate of drug-likeness (QED) is 0.606. The third-order valence-corrected chi connectivity index (χ3v) is 2.41. The van der Waals surface area contributed by atoms with Gasteiger partial charge in [0.25, 0.3) is 0 Å². The van der Waals surface area contributed by atoms with Gasteiger partial charge in [-0.05, 0) is 24.3 Å². The molecule has 2 heterocycles. The van der Waals surface area contributed by atoms with Crippen molar-refractivity contribution in [2.24, 2.45) is 0 Å². The van der Waals surface area contributed by atoms with E-state index in [0.29, 0.717) is 5.69 Å². The average Bonchev–Trinajstić information content (AvgIpc) is 2.76. The number of imidazole rings is 1. The molecule has 15 heavy (non-hydrogen) atoms. The number of carbonyl (C=O) groups is 1. The second-order valence-corrected chi connectivity index (χ2v) is 3.30. The Labute approximate surface area is 85.0 Å². The Morgan fingerprint density at radius 3 is 2.93 bits per heavy atom. The van der Waals surface area contributed by atoms with Crippen LogP contribution in [-0.4, -0.2) is 21.2 Å². The summed E-state index contributed by atoms with van der Waals surface area (Å²) in [7, 11) is 0. The highest BCUT2D eigenvalue weighted by Gasteiger charge is 2.03. The van der Waals surface area contributed by atoms with Crippen LogP contribution >= 0.6 is 0 Å². The Kier molecular flexibility index (Phi) is 1.56. The molecule has 0 aliphatic rings. The van der Waals surface area contributed by atoms with Crippen LogP contribution in [0.2, 0.25) is 0 Å². The highest BCUT2D eigenvalue weighted by Crippen LogP contribution is 2.20. The van der Waals surface area contributed by atoms with Gasteiger partial charge in [0.2, 0.25) is 0 Å². The van der Waals surface area contributed by atoms with Crippen LogP contribution < -0.4 is 0 Å². The molecule has 0 saturated carbocycles. The fourth-order valence-electron chi connectivity index (χ4n) is 1.70. The van der Waals surface area contributed by atoms with Crippen molar-refractivity contribution in [1.82, 2.24) is 15.0 Å². The van der Waals surface area contributed by atoms with Crippen LogP contribution in [0.1, 0.15) is 10.5 Å². The monoisotopic (exact) mass is 197 g/mol. The minimum atomic E-state index is 0.557.